The highest BCUT2D eigenvalue weighted by Gasteiger charge is 1.99. The van der Waals surface area contributed by atoms with Gasteiger partial charge in [-0.25, -0.2) is 0 Å². The topological polar surface area (TPSA) is 56.0 Å². The Morgan fingerprint density at radius 1 is 1.19 bits per heavy atom. The van der Waals surface area contributed by atoms with Crippen molar-refractivity contribution in [3.63, 3.8) is 0 Å². The van der Waals surface area contributed by atoms with Gasteiger partial charge in [0.05, 0.1) is 0 Å². The van der Waals surface area contributed by atoms with Gasteiger partial charge in [0.25, 0.3) is 0 Å². The van der Waals surface area contributed by atoms with E-state index in [1.807, 2.05) is 30.3 Å². The quantitative estimate of drug-likeness (QED) is 0.792. The van der Waals surface area contributed by atoms with Crippen molar-refractivity contribution in [3.05, 3.63) is 53.9 Å². The number of carbonyl (C=O) groups is 1. The Labute approximate surface area is 93.9 Å². The van der Waals surface area contributed by atoms with Gasteiger partial charge >= 0.3 is 0 Å². The van der Waals surface area contributed by atoms with Crippen LogP contribution in [0.1, 0.15) is 16.1 Å². The van der Waals surface area contributed by atoms with Crippen LogP contribution in [0.3, 0.4) is 0 Å². The molecule has 0 unspecified atom stereocenters. The van der Waals surface area contributed by atoms with Crippen molar-refractivity contribution in [2.24, 2.45) is 5.73 Å². The molecule has 1 heterocycles. The molecule has 1 aromatic carbocycles. The maximum absolute atomic E-state index is 10.5. The van der Waals surface area contributed by atoms with Crippen molar-refractivity contribution in [1.82, 2.24) is 4.98 Å². The number of rotatable bonds is 3. The van der Waals surface area contributed by atoms with E-state index in [-0.39, 0.29) is 0 Å². The highest BCUT2D eigenvalue weighted by molar-refractivity contribution is 5.73. The smallest absolute Gasteiger partial charge is 0.168 e. The molecule has 0 spiro atoms. The van der Waals surface area contributed by atoms with Crippen LogP contribution in [0.25, 0.3) is 11.1 Å². The third-order valence-corrected chi connectivity index (χ3v) is 2.40. The number of aromatic nitrogens is 1. The molecular weight excluding hydrogens is 200 g/mol. The molecule has 0 aliphatic heterocycles. The number of carbonyl (C=O) groups excluding carboxylic acids is 1. The van der Waals surface area contributed by atoms with Crippen LogP contribution in [0.15, 0.2) is 42.6 Å². The summed E-state index contributed by atoms with van der Waals surface area (Å²) in [6.45, 7) is 0.522. The molecule has 3 heteroatoms. The fraction of sp³-hybridized carbons (Fsp3) is 0.0769. The lowest BCUT2D eigenvalue weighted by Crippen LogP contribution is -1.96. The van der Waals surface area contributed by atoms with E-state index in [1.54, 1.807) is 12.3 Å². The van der Waals surface area contributed by atoms with Gasteiger partial charge in [0.1, 0.15) is 5.69 Å². The fourth-order valence-corrected chi connectivity index (χ4v) is 1.52. The molecule has 0 fully saturated rings. The number of nitrogens with two attached hydrogens (primary N) is 1. The van der Waals surface area contributed by atoms with E-state index in [0.29, 0.717) is 12.2 Å². The van der Waals surface area contributed by atoms with E-state index < -0.39 is 0 Å². The van der Waals surface area contributed by atoms with Gasteiger partial charge in [-0.05, 0) is 23.3 Å². The number of nitrogens with zero attached hydrogens (tertiary/aromatic N) is 1. The van der Waals surface area contributed by atoms with Crippen molar-refractivity contribution < 1.29 is 4.79 Å². The van der Waals surface area contributed by atoms with Crippen LogP contribution in [0.4, 0.5) is 0 Å². The van der Waals surface area contributed by atoms with Crippen LogP contribution in [-0.2, 0) is 6.54 Å². The first-order valence-corrected chi connectivity index (χ1v) is 5.04. The van der Waals surface area contributed by atoms with E-state index in [9.17, 15) is 4.79 Å². The highest BCUT2D eigenvalue weighted by atomic mass is 16.1. The van der Waals surface area contributed by atoms with Gasteiger partial charge in [-0.2, -0.15) is 0 Å². The zero-order valence-electron chi connectivity index (χ0n) is 8.76. The summed E-state index contributed by atoms with van der Waals surface area (Å²) in [4.78, 5) is 14.5. The lowest BCUT2D eigenvalue weighted by molar-refractivity contribution is 0.111. The molecule has 0 bridgehead atoms. The third kappa shape index (κ3) is 2.15. The van der Waals surface area contributed by atoms with Crippen LogP contribution < -0.4 is 5.73 Å². The van der Waals surface area contributed by atoms with Crippen LogP contribution in [0.5, 0.6) is 0 Å². The standard InChI is InChI=1S/C13H12N2O/c14-7-10-2-1-3-11(6-10)12-4-5-13(9-16)15-8-12/h1-6,8-9H,7,14H2. The first-order valence-electron chi connectivity index (χ1n) is 5.04. The minimum atomic E-state index is 0.443. The second-order valence-electron chi connectivity index (χ2n) is 3.49. The van der Waals surface area contributed by atoms with Gasteiger partial charge in [0.15, 0.2) is 6.29 Å². The molecule has 0 saturated heterocycles. The van der Waals surface area contributed by atoms with Crippen molar-refractivity contribution in [1.29, 1.82) is 0 Å². The predicted octanol–water partition coefficient (Wildman–Crippen LogP) is 2.02. The highest BCUT2D eigenvalue weighted by Crippen LogP contribution is 2.19. The van der Waals surface area contributed by atoms with E-state index in [2.05, 4.69) is 4.98 Å². The molecule has 2 aromatic rings. The molecule has 16 heavy (non-hydrogen) atoms. The summed E-state index contributed by atoms with van der Waals surface area (Å²) < 4.78 is 0. The summed E-state index contributed by atoms with van der Waals surface area (Å²) in [5.74, 6) is 0. The number of hydrogen-bond acceptors (Lipinski definition) is 3. The Hall–Kier alpha value is -2.00. The Morgan fingerprint density at radius 3 is 2.69 bits per heavy atom. The molecule has 80 valence electrons. The predicted molar refractivity (Wildman–Crippen MR) is 63.0 cm³/mol. The zero-order chi connectivity index (χ0) is 11.4. The second-order valence-corrected chi connectivity index (χ2v) is 3.49. The number of aldehydes is 1. The van der Waals surface area contributed by atoms with Crippen LogP contribution in [-0.4, -0.2) is 11.3 Å². The summed E-state index contributed by atoms with van der Waals surface area (Å²) in [6, 6.07) is 11.6. The molecule has 1 aromatic heterocycles. The van der Waals surface area contributed by atoms with E-state index in [4.69, 9.17) is 5.73 Å². The van der Waals surface area contributed by atoms with Crippen LogP contribution >= 0.6 is 0 Å². The Morgan fingerprint density at radius 2 is 2.06 bits per heavy atom. The molecule has 0 radical (unpaired) electrons. The first kappa shape index (κ1) is 10.5. The average molecular weight is 212 g/mol. The summed E-state index contributed by atoms with van der Waals surface area (Å²) in [7, 11) is 0. The third-order valence-electron chi connectivity index (χ3n) is 2.40. The average Bonchev–Trinajstić information content (AvgIpc) is 2.39. The van der Waals surface area contributed by atoms with Crippen LogP contribution in [0.2, 0.25) is 0 Å². The minimum Gasteiger partial charge on any atom is -0.326 e. The van der Waals surface area contributed by atoms with Crippen molar-refractivity contribution in [3.8, 4) is 11.1 Å². The Bertz CT molecular complexity index is 492. The van der Waals surface area contributed by atoms with Gasteiger partial charge in [0, 0.05) is 18.3 Å². The maximum Gasteiger partial charge on any atom is 0.168 e. The first-order chi connectivity index (χ1) is 7.83. The number of hydrogen-bond donors (Lipinski definition) is 1. The van der Waals surface area contributed by atoms with Gasteiger partial charge in [-0.3, -0.25) is 9.78 Å². The molecule has 0 amide bonds. The molecule has 0 aliphatic rings. The zero-order valence-corrected chi connectivity index (χ0v) is 8.76. The lowest BCUT2D eigenvalue weighted by Gasteiger charge is -2.03. The number of pyridine rings is 1. The van der Waals surface area contributed by atoms with Crippen molar-refractivity contribution in [2.45, 2.75) is 6.54 Å². The Balaban J connectivity index is 2.38. The lowest BCUT2D eigenvalue weighted by atomic mass is 10.0. The molecule has 2 rings (SSSR count). The largest absolute Gasteiger partial charge is 0.326 e. The monoisotopic (exact) mass is 212 g/mol. The molecule has 0 atom stereocenters. The minimum absolute atomic E-state index is 0.443. The van der Waals surface area contributed by atoms with Gasteiger partial charge in [-0.15, -0.1) is 0 Å². The van der Waals surface area contributed by atoms with Crippen molar-refractivity contribution in [2.75, 3.05) is 0 Å². The summed E-state index contributed by atoms with van der Waals surface area (Å²) in [6.07, 6.45) is 2.43. The summed E-state index contributed by atoms with van der Waals surface area (Å²) >= 11 is 0. The van der Waals surface area contributed by atoms with Gasteiger partial charge in [0.2, 0.25) is 0 Å². The van der Waals surface area contributed by atoms with Crippen LogP contribution in [0, 0.1) is 0 Å². The van der Waals surface area contributed by atoms with Gasteiger partial charge < -0.3 is 5.73 Å². The molecular formula is C13H12N2O. The Kier molecular flexibility index (Phi) is 3.08. The molecule has 3 nitrogen and oxygen atoms in total. The number of benzene rings is 1. The van der Waals surface area contributed by atoms with E-state index >= 15 is 0 Å². The van der Waals surface area contributed by atoms with E-state index in [1.165, 1.54) is 0 Å². The normalized spacial score (nSPS) is 10.1. The fourth-order valence-electron chi connectivity index (χ4n) is 1.52. The summed E-state index contributed by atoms with van der Waals surface area (Å²) in [5.41, 5.74) is 9.15. The van der Waals surface area contributed by atoms with Crippen molar-refractivity contribution >= 4 is 6.29 Å². The second kappa shape index (κ2) is 4.68. The SMILES string of the molecule is NCc1cccc(-c2ccc(C=O)nc2)c1. The van der Waals surface area contributed by atoms with E-state index in [0.717, 1.165) is 23.0 Å². The molecule has 2 N–H and O–H groups in total. The molecule has 0 saturated carbocycles. The molecule has 0 aliphatic carbocycles. The maximum atomic E-state index is 10.5. The summed E-state index contributed by atoms with van der Waals surface area (Å²) in [5, 5.41) is 0. The van der Waals surface area contributed by atoms with Gasteiger partial charge in [-0.1, -0.05) is 24.3 Å².